The Hall–Kier alpha value is -1.70. The largest absolute Gasteiger partial charge is 0.382 e. The third-order valence-electron chi connectivity index (χ3n) is 6.04. The highest BCUT2D eigenvalue weighted by Gasteiger charge is 2.35. The molecule has 4 rings (SSSR count). The number of aromatic nitrogens is 1. The van der Waals surface area contributed by atoms with Crippen molar-refractivity contribution in [2.45, 2.75) is 56.7 Å². The number of nitrogens with one attached hydrogen (secondary N) is 1. The van der Waals surface area contributed by atoms with Crippen LogP contribution in [-0.4, -0.2) is 55.3 Å². The van der Waals surface area contributed by atoms with Gasteiger partial charge in [-0.05, 0) is 44.2 Å². The standard InChI is InChI=1S/C22H31N3O3S/c1-2-5-18-16-22(20-6-3-4-7-21(20)24-18)23-17-8-12-25(13-9-17)29(26,27)19-10-14-28-15-11-19/h3-4,6-7,16-17,19H,2,5,8-15H2,1H3,(H,23,24). The van der Waals surface area contributed by atoms with Crippen molar-refractivity contribution in [2.24, 2.45) is 0 Å². The van der Waals surface area contributed by atoms with E-state index in [1.165, 1.54) is 0 Å². The summed E-state index contributed by atoms with van der Waals surface area (Å²) in [5, 5.41) is 4.55. The second kappa shape index (κ2) is 8.98. The molecule has 0 aliphatic carbocycles. The first kappa shape index (κ1) is 20.6. The van der Waals surface area contributed by atoms with E-state index in [2.05, 4.69) is 30.4 Å². The summed E-state index contributed by atoms with van der Waals surface area (Å²) in [7, 11) is -3.21. The molecule has 2 aromatic rings. The summed E-state index contributed by atoms with van der Waals surface area (Å²) in [6.45, 7) is 4.44. The highest BCUT2D eigenvalue weighted by molar-refractivity contribution is 7.89. The fourth-order valence-corrected chi connectivity index (χ4v) is 6.32. The Labute approximate surface area is 173 Å². The normalized spacial score (nSPS) is 20.2. The number of para-hydroxylation sites is 1. The van der Waals surface area contributed by atoms with Crippen LogP contribution in [0.2, 0.25) is 0 Å². The number of ether oxygens (including phenoxy) is 1. The quantitative estimate of drug-likeness (QED) is 0.778. The highest BCUT2D eigenvalue weighted by atomic mass is 32.2. The van der Waals surface area contributed by atoms with E-state index in [0.717, 1.165) is 48.0 Å². The molecule has 0 spiro atoms. The Balaban J connectivity index is 1.44. The summed E-state index contributed by atoms with van der Waals surface area (Å²) in [5.41, 5.74) is 3.23. The summed E-state index contributed by atoms with van der Waals surface area (Å²) < 4.78 is 32.9. The third-order valence-corrected chi connectivity index (χ3v) is 8.44. The van der Waals surface area contributed by atoms with Gasteiger partial charge in [-0.15, -0.1) is 0 Å². The molecule has 0 amide bonds. The zero-order chi connectivity index (χ0) is 20.3. The molecule has 3 heterocycles. The molecule has 1 N–H and O–H groups in total. The number of fused-ring (bicyclic) bond motifs is 1. The molecule has 0 atom stereocenters. The van der Waals surface area contributed by atoms with Crippen LogP contribution >= 0.6 is 0 Å². The zero-order valence-corrected chi connectivity index (χ0v) is 18.0. The van der Waals surface area contributed by atoms with Gasteiger partial charge in [0.2, 0.25) is 10.0 Å². The molecule has 2 saturated heterocycles. The smallest absolute Gasteiger partial charge is 0.217 e. The van der Waals surface area contributed by atoms with Crippen LogP contribution in [-0.2, 0) is 21.2 Å². The number of hydrogen-bond donors (Lipinski definition) is 1. The lowest BCUT2D eigenvalue weighted by atomic mass is 10.0. The lowest BCUT2D eigenvalue weighted by Crippen LogP contribution is -2.47. The van der Waals surface area contributed by atoms with Crippen molar-refractivity contribution in [3.63, 3.8) is 0 Å². The van der Waals surface area contributed by atoms with E-state index in [1.807, 2.05) is 12.1 Å². The van der Waals surface area contributed by atoms with Crippen LogP contribution < -0.4 is 5.32 Å². The Bertz CT molecular complexity index is 933. The van der Waals surface area contributed by atoms with Crippen LogP contribution in [0.5, 0.6) is 0 Å². The van der Waals surface area contributed by atoms with Crippen LogP contribution in [0.1, 0.15) is 44.7 Å². The van der Waals surface area contributed by atoms with Crippen molar-refractivity contribution in [3.8, 4) is 0 Å². The Morgan fingerprint density at radius 1 is 1.14 bits per heavy atom. The molecular formula is C22H31N3O3S. The maximum Gasteiger partial charge on any atom is 0.217 e. The maximum absolute atomic E-state index is 12.9. The lowest BCUT2D eigenvalue weighted by molar-refractivity contribution is 0.0969. The van der Waals surface area contributed by atoms with Gasteiger partial charge in [0.25, 0.3) is 0 Å². The highest BCUT2D eigenvalue weighted by Crippen LogP contribution is 2.28. The summed E-state index contributed by atoms with van der Waals surface area (Å²) in [4.78, 5) is 4.78. The topological polar surface area (TPSA) is 71.5 Å². The molecule has 2 aliphatic rings. The lowest BCUT2D eigenvalue weighted by Gasteiger charge is -2.35. The molecule has 2 aliphatic heterocycles. The molecule has 158 valence electrons. The van der Waals surface area contributed by atoms with Gasteiger partial charge in [-0.25, -0.2) is 12.7 Å². The number of nitrogens with zero attached hydrogens (tertiary/aromatic N) is 2. The number of anilines is 1. The van der Waals surface area contributed by atoms with Crippen LogP contribution in [0.25, 0.3) is 10.9 Å². The second-order valence-electron chi connectivity index (χ2n) is 8.10. The third kappa shape index (κ3) is 4.57. The first-order valence-corrected chi connectivity index (χ1v) is 12.3. The van der Waals surface area contributed by atoms with Crippen molar-refractivity contribution in [2.75, 3.05) is 31.6 Å². The predicted octanol–water partition coefficient (Wildman–Crippen LogP) is 3.57. The SMILES string of the molecule is CCCc1cc(NC2CCN(S(=O)(=O)C3CCOCC3)CC2)c2ccccc2n1. The van der Waals surface area contributed by atoms with E-state index in [4.69, 9.17) is 9.72 Å². The number of piperidine rings is 1. The number of hydrogen-bond acceptors (Lipinski definition) is 5. The van der Waals surface area contributed by atoms with Crippen LogP contribution in [0.15, 0.2) is 30.3 Å². The molecule has 7 heteroatoms. The maximum atomic E-state index is 12.9. The average Bonchev–Trinajstić information content (AvgIpc) is 2.75. The van der Waals surface area contributed by atoms with Crippen molar-refractivity contribution >= 4 is 26.6 Å². The van der Waals surface area contributed by atoms with Gasteiger partial charge in [-0.1, -0.05) is 31.5 Å². The average molecular weight is 418 g/mol. The van der Waals surface area contributed by atoms with E-state index in [1.54, 1.807) is 4.31 Å². The van der Waals surface area contributed by atoms with E-state index < -0.39 is 10.0 Å². The van der Waals surface area contributed by atoms with Gasteiger partial charge in [0, 0.05) is 49.1 Å². The van der Waals surface area contributed by atoms with Crippen molar-refractivity contribution in [3.05, 3.63) is 36.0 Å². The molecule has 29 heavy (non-hydrogen) atoms. The van der Waals surface area contributed by atoms with Gasteiger partial charge in [0.05, 0.1) is 10.8 Å². The van der Waals surface area contributed by atoms with Gasteiger partial charge in [0.15, 0.2) is 0 Å². The summed E-state index contributed by atoms with van der Waals surface area (Å²) in [6, 6.07) is 10.7. The van der Waals surface area contributed by atoms with Crippen LogP contribution in [0.4, 0.5) is 5.69 Å². The molecule has 0 bridgehead atoms. The molecule has 6 nitrogen and oxygen atoms in total. The minimum Gasteiger partial charge on any atom is -0.382 e. The molecule has 0 unspecified atom stereocenters. The molecule has 2 fully saturated rings. The monoisotopic (exact) mass is 417 g/mol. The Morgan fingerprint density at radius 2 is 1.86 bits per heavy atom. The van der Waals surface area contributed by atoms with E-state index in [0.29, 0.717) is 39.1 Å². The number of sulfonamides is 1. The fourth-order valence-electron chi connectivity index (χ4n) is 4.39. The van der Waals surface area contributed by atoms with Gasteiger partial charge >= 0.3 is 0 Å². The first-order valence-electron chi connectivity index (χ1n) is 10.8. The van der Waals surface area contributed by atoms with Crippen molar-refractivity contribution < 1.29 is 13.2 Å². The van der Waals surface area contributed by atoms with Crippen LogP contribution in [0, 0.1) is 0 Å². The van der Waals surface area contributed by atoms with E-state index >= 15 is 0 Å². The van der Waals surface area contributed by atoms with E-state index in [-0.39, 0.29) is 11.3 Å². The predicted molar refractivity (Wildman–Crippen MR) is 117 cm³/mol. The van der Waals surface area contributed by atoms with Gasteiger partial charge < -0.3 is 10.1 Å². The molecule has 0 radical (unpaired) electrons. The number of aryl methyl sites for hydroxylation is 1. The molecule has 0 saturated carbocycles. The minimum absolute atomic E-state index is 0.274. The second-order valence-corrected chi connectivity index (χ2v) is 10.3. The zero-order valence-electron chi connectivity index (χ0n) is 17.1. The Morgan fingerprint density at radius 3 is 2.59 bits per heavy atom. The molecule has 1 aromatic carbocycles. The van der Waals surface area contributed by atoms with Crippen molar-refractivity contribution in [1.29, 1.82) is 0 Å². The summed E-state index contributed by atoms with van der Waals surface area (Å²) in [6.07, 6.45) is 4.90. The number of benzene rings is 1. The summed E-state index contributed by atoms with van der Waals surface area (Å²) >= 11 is 0. The van der Waals surface area contributed by atoms with Gasteiger partial charge in [-0.2, -0.15) is 0 Å². The first-order chi connectivity index (χ1) is 14.1. The fraction of sp³-hybridized carbons (Fsp3) is 0.591. The molecule has 1 aromatic heterocycles. The molecular weight excluding hydrogens is 386 g/mol. The van der Waals surface area contributed by atoms with Gasteiger partial charge in [-0.3, -0.25) is 4.98 Å². The van der Waals surface area contributed by atoms with Gasteiger partial charge in [0.1, 0.15) is 0 Å². The van der Waals surface area contributed by atoms with Crippen molar-refractivity contribution in [1.82, 2.24) is 9.29 Å². The van der Waals surface area contributed by atoms with Crippen LogP contribution in [0.3, 0.4) is 0 Å². The number of pyridine rings is 1. The minimum atomic E-state index is -3.21. The van der Waals surface area contributed by atoms with E-state index in [9.17, 15) is 8.42 Å². The number of rotatable bonds is 6. The Kier molecular flexibility index (Phi) is 6.37. The summed E-state index contributed by atoms with van der Waals surface area (Å²) in [5.74, 6) is 0.